The molecule has 0 spiro atoms. The van der Waals surface area contributed by atoms with Gasteiger partial charge in [-0.25, -0.2) is 0 Å². The zero-order valence-corrected chi connectivity index (χ0v) is 14.0. The fourth-order valence-electron chi connectivity index (χ4n) is 2.41. The molecule has 0 saturated heterocycles. The lowest BCUT2D eigenvalue weighted by Crippen LogP contribution is -2.11. The molecule has 5 heteroatoms. The maximum absolute atomic E-state index is 12.5. The van der Waals surface area contributed by atoms with E-state index in [0.29, 0.717) is 11.3 Å². The molecule has 0 fully saturated rings. The van der Waals surface area contributed by atoms with Crippen molar-refractivity contribution in [1.82, 2.24) is 0 Å². The normalized spacial score (nSPS) is 10.7. The van der Waals surface area contributed by atoms with Crippen molar-refractivity contribution in [3.05, 3.63) is 53.8 Å². The molecule has 1 N–H and O–H groups in total. The highest BCUT2D eigenvalue weighted by molar-refractivity contribution is 7.98. The number of aryl methyl sites for hydroxylation is 1. The van der Waals surface area contributed by atoms with Crippen LogP contribution in [0, 0.1) is 6.92 Å². The van der Waals surface area contributed by atoms with Crippen LogP contribution in [-0.2, 0) is 0 Å². The summed E-state index contributed by atoms with van der Waals surface area (Å²) in [4.78, 5) is 13.6. The summed E-state index contributed by atoms with van der Waals surface area (Å²) in [6.45, 7) is 1.87. The van der Waals surface area contributed by atoms with E-state index >= 15 is 0 Å². The van der Waals surface area contributed by atoms with Crippen LogP contribution in [0.15, 0.2) is 51.8 Å². The Hall–Kier alpha value is -2.40. The van der Waals surface area contributed by atoms with Crippen LogP contribution in [0.2, 0.25) is 0 Å². The van der Waals surface area contributed by atoms with Crippen LogP contribution in [0.1, 0.15) is 16.1 Å². The molecule has 0 bridgehead atoms. The maximum atomic E-state index is 12.5. The van der Waals surface area contributed by atoms with Crippen LogP contribution in [0.5, 0.6) is 5.75 Å². The Labute approximate surface area is 138 Å². The summed E-state index contributed by atoms with van der Waals surface area (Å²) in [6, 6.07) is 13.2. The van der Waals surface area contributed by atoms with E-state index in [-0.39, 0.29) is 5.91 Å². The second kappa shape index (κ2) is 6.38. The Morgan fingerprint density at radius 1 is 1.17 bits per heavy atom. The topological polar surface area (TPSA) is 51.5 Å². The third-order valence-electron chi connectivity index (χ3n) is 3.70. The standard InChI is InChI=1S/C18H17NO3S/c1-11-15-10-13(21-2)6-9-16(15)22-17(11)18(20)19-12-4-7-14(23-3)8-5-12/h4-10H,1-3H3,(H,19,20). The van der Waals surface area contributed by atoms with Gasteiger partial charge in [0.15, 0.2) is 5.76 Å². The number of methoxy groups -OCH3 is 1. The fraction of sp³-hybridized carbons (Fsp3) is 0.167. The smallest absolute Gasteiger partial charge is 0.291 e. The van der Waals surface area contributed by atoms with Crippen molar-refractivity contribution in [2.75, 3.05) is 18.7 Å². The van der Waals surface area contributed by atoms with E-state index < -0.39 is 0 Å². The van der Waals surface area contributed by atoms with Gasteiger partial charge in [0.25, 0.3) is 5.91 Å². The van der Waals surface area contributed by atoms with Crippen LogP contribution in [0.4, 0.5) is 5.69 Å². The summed E-state index contributed by atoms with van der Waals surface area (Å²) in [5.41, 5.74) is 2.22. The number of amides is 1. The summed E-state index contributed by atoms with van der Waals surface area (Å²) < 4.78 is 10.9. The van der Waals surface area contributed by atoms with Gasteiger partial charge in [-0.3, -0.25) is 4.79 Å². The molecule has 0 aliphatic carbocycles. The minimum Gasteiger partial charge on any atom is -0.497 e. The number of rotatable bonds is 4. The number of nitrogens with one attached hydrogen (secondary N) is 1. The molecule has 0 aliphatic heterocycles. The number of furan rings is 1. The molecule has 0 radical (unpaired) electrons. The third kappa shape index (κ3) is 3.05. The minimum atomic E-state index is -0.255. The highest BCUT2D eigenvalue weighted by atomic mass is 32.2. The number of fused-ring (bicyclic) bond motifs is 1. The molecule has 0 atom stereocenters. The summed E-state index contributed by atoms with van der Waals surface area (Å²) >= 11 is 1.66. The van der Waals surface area contributed by atoms with Crippen molar-refractivity contribution in [1.29, 1.82) is 0 Å². The predicted molar refractivity (Wildman–Crippen MR) is 93.7 cm³/mol. The van der Waals surface area contributed by atoms with E-state index in [1.54, 1.807) is 18.9 Å². The van der Waals surface area contributed by atoms with Crippen molar-refractivity contribution in [3.8, 4) is 5.75 Å². The molecule has 4 nitrogen and oxygen atoms in total. The maximum Gasteiger partial charge on any atom is 0.291 e. The first-order valence-electron chi connectivity index (χ1n) is 7.15. The largest absolute Gasteiger partial charge is 0.497 e. The number of thioether (sulfide) groups is 1. The Balaban J connectivity index is 1.89. The first-order valence-corrected chi connectivity index (χ1v) is 8.37. The molecule has 1 heterocycles. The van der Waals surface area contributed by atoms with Crippen LogP contribution in [0.3, 0.4) is 0 Å². The molecule has 2 aromatic carbocycles. The van der Waals surface area contributed by atoms with Crippen molar-refractivity contribution < 1.29 is 13.9 Å². The average Bonchev–Trinajstić information content (AvgIpc) is 2.92. The molecule has 1 amide bonds. The van der Waals surface area contributed by atoms with Crippen molar-refractivity contribution in [2.24, 2.45) is 0 Å². The lowest BCUT2D eigenvalue weighted by Gasteiger charge is -2.04. The Morgan fingerprint density at radius 3 is 2.57 bits per heavy atom. The van der Waals surface area contributed by atoms with Gasteiger partial charge in [-0.15, -0.1) is 11.8 Å². The number of carbonyl (C=O) groups is 1. The first kappa shape index (κ1) is 15.5. The Kier molecular flexibility index (Phi) is 4.30. The third-order valence-corrected chi connectivity index (χ3v) is 4.44. The molecular formula is C18H17NO3S. The molecule has 0 aliphatic rings. The molecule has 23 heavy (non-hydrogen) atoms. The van der Waals surface area contributed by atoms with Gasteiger partial charge in [-0.2, -0.15) is 0 Å². The van der Waals surface area contributed by atoms with Crippen molar-refractivity contribution in [3.63, 3.8) is 0 Å². The monoisotopic (exact) mass is 327 g/mol. The zero-order valence-electron chi connectivity index (χ0n) is 13.2. The molecule has 1 aromatic heterocycles. The van der Waals surface area contributed by atoms with Gasteiger partial charge < -0.3 is 14.5 Å². The van der Waals surface area contributed by atoms with Crippen LogP contribution in [0.25, 0.3) is 11.0 Å². The van der Waals surface area contributed by atoms with Crippen LogP contribution in [-0.4, -0.2) is 19.3 Å². The minimum absolute atomic E-state index is 0.255. The number of ether oxygens (including phenoxy) is 1. The van der Waals surface area contributed by atoms with E-state index in [4.69, 9.17) is 9.15 Å². The van der Waals surface area contributed by atoms with Gasteiger partial charge in [0.2, 0.25) is 0 Å². The quantitative estimate of drug-likeness (QED) is 0.704. The number of anilines is 1. The highest BCUT2D eigenvalue weighted by Gasteiger charge is 2.18. The first-order chi connectivity index (χ1) is 11.1. The SMILES string of the molecule is COc1ccc2oc(C(=O)Nc3ccc(SC)cc3)c(C)c2c1. The summed E-state index contributed by atoms with van der Waals surface area (Å²) in [5.74, 6) is 0.803. The average molecular weight is 327 g/mol. The van der Waals surface area contributed by atoms with Crippen LogP contribution < -0.4 is 10.1 Å². The fourth-order valence-corrected chi connectivity index (χ4v) is 2.81. The zero-order chi connectivity index (χ0) is 16.4. The summed E-state index contributed by atoms with van der Waals surface area (Å²) in [5, 5.41) is 3.75. The predicted octanol–water partition coefficient (Wildman–Crippen LogP) is 4.72. The van der Waals surface area contributed by atoms with Gasteiger partial charge in [-0.1, -0.05) is 0 Å². The molecule has 3 aromatic rings. The molecule has 0 unspecified atom stereocenters. The van der Waals surface area contributed by atoms with E-state index in [1.165, 1.54) is 0 Å². The van der Waals surface area contributed by atoms with Crippen LogP contribution >= 0.6 is 11.8 Å². The lowest BCUT2D eigenvalue weighted by molar-refractivity contribution is 0.0998. The van der Waals surface area contributed by atoms with Crippen molar-refractivity contribution in [2.45, 2.75) is 11.8 Å². The molecule has 3 rings (SSSR count). The van der Waals surface area contributed by atoms with Gasteiger partial charge in [0.05, 0.1) is 7.11 Å². The van der Waals surface area contributed by atoms with E-state index in [1.807, 2.05) is 55.6 Å². The van der Waals surface area contributed by atoms with E-state index in [0.717, 1.165) is 27.3 Å². The molecule has 118 valence electrons. The number of hydrogen-bond acceptors (Lipinski definition) is 4. The van der Waals surface area contributed by atoms with Crippen molar-refractivity contribution >= 4 is 34.3 Å². The van der Waals surface area contributed by atoms with E-state index in [9.17, 15) is 4.79 Å². The summed E-state index contributed by atoms with van der Waals surface area (Å²) in [6.07, 6.45) is 2.01. The second-order valence-electron chi connectivity index (χ2n) is 5.10. The number of benzene rings is 2. The molecule has 0 saturated carbocycles. The summed E-state index contributed by atoms with van der Waals surface area (Å²) in [7, 11) is 1.61. The Morgan fingerprint density at radius 2 is 1.91 bits per heavy atom. The lowest BCUT2D eigenvalue weighted by atomic mass is 10.1. The highest BCUT2D eigenvalue weighted by Crippen LogP contribution is 2.29. The number of hydrogen-bond donors (Lipinski definition) is 1. The molecular weight excluding hydrogens is 310 g/mol. The Bertz CT molecular complexity index is 853. The van der Waals surface area contributed by atoms with Gasteiger partial charge >= 0.3 is 0 Å². The van der Waals surface area contributed by atoms with Gasteiger partial charge in [-0.05, 0) is 55.6 Å². The van der Waals surface area contributed by atoms with Gasteiger partial charge in [0.1, 0.15) is 11.3 Å². The number of carbonyl (C=O) groups excluding carboxylic acids is 1. The second-order valence-corrected chi connectivity index (χ2v) is 5.98. The van der Waals surface area contributed by atoms with Gasteiger partial charge in [0, 0.05) is 21.5 Å². The van der Waals surface area contributed by atoms with E-state index in [2.05, 4.69) is 5.32 Å².